The first-order valence-electron chi connectivity index (χ1n) is 7.33. The van der Waals surface area contributed by atoms with Gasteiger partial charge in [-0.1, -0.05) is 50.1 Å². The molecule has 21 heavy (non-hydrogen) atoms. The molecule has 0 amide bonds. The van der Waals surface area contributed by atoms with Crippen LogP contribution in [0.4, 0.5) is 19.1 Å². The Morgan fingerprint density at radius 3 is 2.14 bits per heavy atom. The van der Waals surface area contributed by atoms with Crippen molar-refractivity contribution in [2.24, 2.45) is 0 Å². The quantitative estimate of drug-likeness (QED) is 0.773. The molecule has 118 valence electrons. The molecule has 1 aliphatic rings. The van der Waals surface area contributed by atoms with Crippen LogP contribution in [0.2, 0.25) is 5.15 Å². The van der Waals surface area contributed by atoms with Crippen LogP contribution in [-0.2, 0) is 6.18 Å². The summed E-state index contributed by atoms with van der Waals surface area (Å²) in [6, 6.07) is 0.205. The van der Waals surface area contributed by atoms with Crippen LogP contribution in [0.15, 0.2) is 6.20 Å². The van der Waals surface area contributed by atoms with Gasteiger partial charge in [-0.2, -0.15) is 13.2 Å². The van der Waals surface area contributed by atoms with Crippen LogP contribution in [0, 0.1) is 0 Å². The monoisotopic (exact) mass is 321 g/mol. The summed E-state index contributed by atoms with van der Waals surface area (Å²) in [6.07, 6.45) is 5.35. The Labute approximate surface area is 127 Å². The molecule has 1 N–H and O–H groups in total. The average Bonchev–Trinajstić information content (AvgIpc) is 2.51. The zero-order valence-corrected chi connectivity index (χ0v) is 12.5. The van der Waals surface area contributed by atoms with Gasteiger partial charge < -0.3 is 5.32 Å². The second-order valence-corrected chi connectivity index (χ2v) is 5.79. The zero-order chi connectivity index (χ0) is 15.3. The van der Waals surface area contributed by atoms with Crippen LogP contribution < -0.4 is 5.32 Å². The van der Waals surface area contributed by atoms with Gasteiger partial charge in [0.05, 0.1) is 0 Å². The van der Waals surface area contributed by atoms with Crippen LogP contribution in [0.3, 0.4) is 0 Å². The Hall–Kier alpha value is -1.04. The largest absolute Gasteiger partial charge is 0.420 e. The van der Waals surface area contributed by atoms with E-state index in [-0.39, 0.29) is 12.0 Å². The number of aromatic nitrogens is 2. The fourth-order valence-electron chi connectivity index (χ4n) is 2.58. The van der Waals surface area contributed by atoms with E-state index in [0.29, 0.717) is 0 Å². The number of halogens is 4. The Balaban J connectivity index is 2.02. The summed E-state index contributed by atoms with van der Waals surface area (Å²) in [7, 11) is 0. The lowest BCUT2D eigenvalue weighted by Crippen LogP contribution is -2.21. The van der Waals surface area contributed by atoms with Gasteiger partial charge in [-0.05, 0) is 12.8 Å². The molecule has 1 saturated carbocycles. The third kappa shape index (κ3) is 5.02. The zero-order valence-electron chi connectivity index (χ0n) is 11.7. The summed E-state index contributed by atoms with van der Waals surface area (Å²) < 4.78 is 37.8. The van der Waals surface area contributed by atoms with Gasteiger partial charge >= 0.3 is 6.18 Å². The number of hydrogen-bond donors (Lipinski definition) is 1. The van der Waals surface area contributed by atoms with Crippen LogP contribution >= 0.6 is 11.6 Å². The smallest absolute Gasteiger partial charge is 0.351 e. The minimum atomic E-state index is -4.52. The van der Waals surface area contributed by atoms with Crippen LogP contribution in [-0.4, -0.2) is 16.0 Å². The van der Waals surface area contributed by atoms with Gasteiger partial charge in [-0.25, -0.2) is 9.97 Å². The third-order valence-electron chi connectivity index (χ3n) is 3.74. The van der Waals surface area contributed by atoms with E-state index in [4.69, 9.17) is 11.6 Å². The number of hydrogen-bond acceptors (Lipinski definition) is 3. The summed E-state index contributed by atoms with van der Waals surface area (Å²) in [6.45, 7) is 0. The molecule has 0 spiro atoms. The molecule has 1 aromatic rings. The highest BCUT2D eigenvalue weighted by molar-refractivity contribution is 6.30. The minimum absolute atomic E-state index is 0.178. The van der Waals surface area contributed by atoms with Gasteiger partial charge in [0.25, 0.3) is 0 Å². The van der Waals surface area contributed by atoms with Crippen molar-refractivity contribution in [2.75, 3.05) is 5.32 Å². The molecule has 2 rings (SSSR count). The Kier molecular flexibility index (Phi) is 5.67. The highest BCUT2D eigenvalue weighted by atomic mass is 35.5. The maximum absolute atomic E-state index is 12.6. The van der Waals surface area contributed by atoms with Crippen molar-refractivity contribution in [2.45, 2.75) is 63.6 Å². The fourth-order valence-corrected chi connectivity index (χ4v) is 2.82. The van der Waals surface area contributed by atoms with Crippen molar-refractivity contribution in [3.63, 3.8) is 0 Å². The van der Waals surface area contributed by atoms with Crippen LogP contribution in [0.5, 0.6) is 0 Å². The van der Waals surface area contributed by atoms with E-state index in [2.05, 4.69) is 15.3 Å². The molecule has 0 aromatic carbocycles. The predicted octanol–water partition coefficient (Wildman–Crippen LogP) is 5.06. The fraction of sp³-hybridized carbons (Fsp3) is 0.714. The molecule has 7 heteroatoms. The van der Waals surface area contributed by atoms with Crippen molar-refractivity contribution in [1.29, 1.82) is 0 Å². The standard InChI is InChI=1S/C14H19ClF3N3/c15-12-11(14(16,17)18)9-19-13(21-12)20-10-7-5-3-1-2-4-6-8-10/h9-10H,1-8H2,(H,19,20,21). The van der Waals surface area contributed by atoms with Crippen LogP contribution in [0.25, 0.3) is 0 Å². The van der Waals surface area contributed by atoms with Crippen molar-refractivity contribution in [3.8, 4) is 0 Å². The van der Waals surface area contributed by atoms with Crippen molar-refractivity contribution < 1.29 is 13.2 Å². The summed E-state index contributed by atoms with van der Waals surface area (Å²) in [4.78, 5) is 7.49. The number of anilines is 1. The Morgan fingerprint density at radius 1 is 1.05 bits per heavy atom. The lowest BCUT2D eigenvalue weighted by atomic mass is 10.1. The predicted molar refractivity (Wildman–Crippen MR) is 76.4 cm³/mol. The first-order chi connectivity index (χ1) is 9.97. The molecule has 0 bridgehead atoms. The highest BCUT2D eigenvalue weighted by Crippen LogP contribution is 2.33. The lowest BCUT2D eigenvalue weighted by molar-refractivity contribution is -0.137. The highest BCUT2D eigenvalue weighted by Gasteiger charge is 2.34. The summed E-state index contributed by atoms with van der Waals surface area (Å²) in [5.74, 6) is 0.178. The topological polar surface area (TPSA) is 37.8 Å². The maximum atomic E-state index is 12.6. The Bertz CT molecular complexity index is 455. The van der Waals surface area contributed by atoms with Crippen molar-refractivity contribution in [1.82, 2.24) is 9.97 Å². The van der Waals surface area contributed by atoms with Crippen molar-refractivity contribution >= 4 is 17.5 Å². The van der Waals surface area contributed by atoms with Gasteiger partial charge in [0, 0.05) is 12.2 Å². The molecule has 1 fully saturated rings. The lowest BCUT2D eigenvalue weighted by Gasteiger charge is -2.18. The van der Waals surface area contributed by atoms with E-state index in [0.717, 1.165) is 31.9 Å². The van der Waals surface area contributed by atoms with E-state index in [1.807, 2.05) is 0 Å². The van der Waals surface area contributed by atoms with Gasteiger partial charge in [-0.15, -0.1) is 0 Å². The number of rotatable bonds is 2. The molecule has 0 atom stereocenters. The van der Waals surface area contributed by atoms with Gasteiger partial charge in [-0.3, -0.25) is 0 Å². The Morgan fingerprint density at radius 2 is 1.62 bits per heavy atom. The molecular formula is C14H19ClF3N3. The molecule has 0 aliphatic heterocycles. The van der Waals surface area contributed by atoms with E-state index in [1.54, 1.807) is 0 Å². The second kappa shape index (κ2) is 7.29. The molecule has 3 nitrogen and oxygen atoms in total. The van der Waals surface area contributed by atoms with Crippen LogP contribution in [0.1, 0.15) is 56.9 Å². The van der Waals surface area contributed by atoms with E-state index < -0.39 is 16.9 Å². The number of nitrogens with zero attached hydrogens (tertiary/aromatic N) is 2. The van der Waals surface area contributed by atoms with E-state index in [9.17, 15) is 13.2 Å². The molecule has 1 aromatic heterocycles. The van der Waals surface area contributed by atoms with Gasteiger partial charge in [0.1, 0.15) is 10.7 Å². The first kappa shape index (κ1) is 16.3. The van der Waals surface area contributed by atoms with Crippen molar-refractivity contribution in [3.05, 3.63) is 16.9 Å². The number of nitrogens with one attached hydrogen (secondary N) is 1. The van der Waals surface area contributed by atoms with E-state index in [1.165, 1.54) is 25.7 Å². The van der Waals surface area contributed by atoms with Gasteiger partial charge in [0.2, 0.25) is 5.95 Å². The molecule has 1 aliphatic carbocycles. The molecule has 1 heterocycles. The third-order valence-corrected chi connectivity index (χ3v) is 4.02. The van der Waals surface area contributed by atoms with E-state index >= 15 is 0 Å². The maximum Gasteiger partial charge on any atom is 0.420 e. The minimum Gasteiger partial charge on any atom is -0.351 e. The molecule has 0 saturated heterocycles. The summed E-state index contributed by atoms with van der Waals surface area (Å²) >= 11 is 5.61. The SMILES string of the molecule is FC(F)(F)c1cnc(NC2CCCCCCCC2)nc1Cl. The second-order valence-electron chi connectivity index (χ2n) is 5.44. The average molecular weight is 322 g/mol. The van der Waals surface area contributed by atoms with Gasteiger partial charge in [0.15, 0.2) is 0 Å². The first-order valence-corrected chi connectivity index (χ1v) is 7.71. The number of alkyl halides is 3. The summed E-state index contributed by atoms with van der Waals surface area (Å²) in [5, 5.41) is 2.57. The molecular weight excluding hydrogens is 303 g/mol. The molecule has 0 radical (unpaired) electrons. The normalized spacial score (nSPS) is 18.7. The molecule has 0 unspecified atom stereocenters. The summed E-state index contributed by atoms with van der Waals surface area (Å²) in [5.41, 5.74) is -0.996.